The molecule has 0 fully saturated rings. The van der Waals surface area contributed by atoms with Crippen LogP contribution in [0.1, 0.15) is 19.8 Å². The normalized spacial score (nSPS) is 9.27. The van der Waals surface area contributed by atoms with E-state index in [1.807, 2.05) is 6.92 Å². The molecule has 0 bridgehead atoms. The molecule has 0 atom stereocenters. The zero-order chi connectivity index (χ0) is 8.53. The molecule has 0 saturated carbocycles. The van der Waals surface area contributed by atoms with Gasteiger partial charge in [0.1, 0.15) is 0 Å². The van der Waals surface area contributed by atoms with Gasteiger partial charge in [-0.2, -0.15) is 0 Å². The Balaban J connectivity index is 3.09. The average Bonchev–Trinajstić information content (AvgIpc) is 2.01. The first-order valence-corrected chi connectivity index (χ1v) is 3.92. The Bertz CT molecular complexity index is 107. The fourth-order valence-electron chi connectivity index (χ4n) is 0.526. The first-order chi connectivity index (χ1) is 5.31. The summed E-state index contributed by atoms with van der Waals surface area (Å²) < 4.78 is 4.75. The van der Waals surface area contributed by atoms with Gasteiger partial charge in [0, 0.05) is 6.54 Å². The Morgan fingerprint density at radius 2 is 2.36 bits per heavy atom. The second-order valence-corrected chi connectivity index (χ2v) is 2.20. The lowest BCUT2D eigenvalue weighted by Crippen LogP contribution is -2.25. The number of ether oxygens (including phenoxy) is 1. The van der Waals surface area contributed by atoms with Gasteiger partial charge in [0.2, 0.25) is 0 Å². The van der Waals surface area contributed by atoms with Gasteiger partial charge < -0.3 is 15.8 Å². The fraction of sp³-hybridized carbons (Fsp3) is 0.857. The molecule has 4 heteroatoms. The van der Waals surface area contributed by atoms with Gasteiger partial charge in [-0.25, -0.2) is 4.79 Å². The number of hydrogen-bond acceptors (Lipinski definition) is 3. The van der Waals surface area contributed by atoms with Crippen LogP contribution in [-0.2, 0) is 4.74 Å². The van der Waals surface area contributed by atoms with Crippen LogP contribution in [0.3, 0.4) is 0 Å². The maximum Gasteiger partial charge on any atom is 0.407 e. The minimum atomic E-state index is -0.347. The van der Waals surface area contributed by atoms with Crippen molar-refractivity contribution in [3.05, 3.63) is 0 Å². The first kappa shape index (κ1) is 10.2. The van der Waals surface area contributed by atoms with Gasteiger partial charge in [-0.1, -0.05) is 6.92 Å². The van der Waals surface area contributed by atoms with Crippen molar-refractivity contribution in [2.75, 3.05) is 19.7 Å². The molecule has 0 rings (SSSR count). The number of nitrogens with two attached hydrogens (primary N) is 1. The third kappa shape index (κ3) is 7.12. The van der Waals surface area contributed by atoms with Gasteiger partial charge in [0.05, 0.1) is 6.61 Å². The van der Waals surface area contributed by atoms with Crippen molar-refractivity contribution in [1.82, 2.24) is 5.32 Å². The highest BCUT2D eigenvalue weighted by Crippen LogP contribution is 1.81. The molecule has 0 saturated heterocycles. The van der Waals surface area contributed by atoms with E-state index in [0.717, 1.165) is 12.8 Å². The maximum atomic E-state index is 10.7. The standard InChI is InChI=1S/C7H16N2O2/c1-2-5-9-7(10)11-6-3-4-8/h2-6,8H2,1H3,(H,9,10). The molecule has 0 aliphatic heterocycles. The van der Waals surface area contributed by atoms with E-state index in [0.29, 0.717) is 19.7 Å². The van der Waals surface area contributed by atoms with Crippen LogP contribution in [0, 0.1) is 0 Å². The number of rotatable bonds is 5. The van der Waals surface area contributed by atoms with Crippen LogP contribution in [0.2, 0.25) is 0 Å². The molecule has 0 heterocycles. The van der Waals surface area contributed by atoms with E-state index >= 15 is 0 Å². The van der Waals surface area contributed by atoms with Crippen LogP contribution < -0.4 is 11.1 Å². The molecule has 0 aliphatic carbocycles. The second-order valence-electron chi connectivity index (χ2n) is 2.20. The molecule has 4 nitrogen and oxygen atoms in total. The maximum absolute atomic E-state index is 10.7. The van der Waals surface area contributed by atoms with Gasteiger partial charge in [-0.15, -0.1) is 0 Å². The number of carbonyl (C=O) groups excluding carboxylic acids is 1. The van der Waals surface area contributed by atoms with E-state index in [1.54, 1.807) is 0 Å². The van der Waals surface area contributed by atoms with Crippen LogP contribution in [0.25, 0.3) is 0 Å². The van der Waals surface area contributed by atoms with Crippen molar-refractivity contribution < 1.29 is 9.53 Å². The molecule has 0 spiro atoms. The zero-order valence-electron chi connectivity index (χ0n) is 6.93. The quantitative estimate of drug-likeness (QED) is 0.575. The van der Waals surface area contributed by atoms with E-state index < -0.39 is 0 Å². The van der Waals surface area contributed by atoms with Crippen LogP contribution in [0.4, 0.5) is 4.79 Å². The molecule has 0 aliphatic rings. The Morgan fingerprint density at radius 3 is 2.91 bits per heavy atom. The topological polar surface area (TPSA) is 64.3 Å². The third-order valence-corrected chi connectivity index (χ3v) is 1.10. The molecule has 0 radical (unpaired) electrons. The predicted octanol–water partition coefficient (Wildman–Crippen LogP) is 0.471. The van der Waals surface area contributed by atoms with E-state index in [2.05, 4.69) is 5.32 Å². The summed E-state index contributed by atoms with van der Waals surface area (Å²) in [6, 6.07) is 0. The number of alkyl carbamates (subject to hydrolysis) is 1. The van der Waals surface area contributed by atoms with E-state index in [1.165, 1.54) is 0 Å². The van der Waals surface area contributed by atoms with E-state index in [9.17, 15) is 4.79 Å². The summed E-state index contributed by atoms with van der Waals surface area (Å²) in [5.74, 6) is 0. The summed E-state index contributed by atoms with van der Waals surface area (Å²) in [4.78, 5) is 10.7. The largest absolute Gasteiger partial charge is 0.450 e. The van der Waals surface area contributed by atoms with Gasteiger partial charge in [0.25, 0.3) is 0 Å². The van der Waals surface area contributed by atoms with Crippen molar-refractivity contribution in [3.63, 3.8) is 0 Å². The van der Waals surface area contributed by atoms with E-state index in [4.69, 9.17) is 10.5 Å². The fourth-order valence-corrected chi connectivity index (χ4v) is 0.526. The Hall–Kier alpha value is -0.770. The molecule has 11 heavy (non-hydrogen) atoms. The molecule has 0 aromatic rings. The van der Waals surface area contributed by atoms with Crippen molar-refractivity contribution in [2.45, 2.75) is 19.8 Å². The van der Waals surface area contributed by atoms with Crippen molar-refractivity contribution >= 4 is 6.09 Å². The Labute approximate surface area is 67.1 Å². The van der Waals surface area contributed by atoms with Crippen molar-refractivity contribution in [1.29, 1.82) is 0 Å². The highest BCUT2D eigenvalue weighted by atomic mass is 16.5. The monoisotopic (exact) mass is 160 g/mol. The minimum absolute atomic E-state index is 0.347. The lowest BCUT2D eigenvalue weighted by atomic mass is 10.5. The Morgan fingerprint density at radius 1 is 1.64 bits per heavy atom. The van der Waals surface area contributed by atoms with Gasteiger partial charge in [-0.05, 0) is 19.4 Å². The zero-order valence-corrected chi connectivity index (χ0v) is 6.93. The van der Waals surface area contributed by atoms with Gasteiger partial charge in [-0.3, -0.25) is 0 Å². The van der Waals surface area contributed by atoms with Crippen LogP contribution in [0.5, 0.6) is 0 Å². The molecule has 0 aromatic carbocycles. The summed E-state index contributed by atoms with van der Waals surface area (Å²) in [5.41, 5.74) is 5.20. The highest BCUT2D eigenvalue weighted by molar-refractivity contribution is 5.66. The van der Waals surface area contributed by atoms with Crippen LogP contribution in [-0.4, -0.2) is 25.8 Å². The van der Waals surface area contributed by atoms with Gasteiger partial charge in [0.15, 0.2) is 0 Å². The lowest BCUT2D eigenvalue weighted by Gasteiger charge is -2.03. The van der Waals surface area contributed by atoms with Crippen LogP contribution >= 0.6 is 0 Å². The number of nitrogens with one attached hydrogen (secondary N) is 1. The SMILES string of the molecule is CCCNC(=O)OCCCN. The Kier molecular flexibility index (Phi) is 6.82. The lowest BCUT2D eigenvalue weighted by molar-refractivity contribution is 0.145. The molecule has 1 amide bonds. The summed E-state index contributed by atoms with van der Waals surface area (Å²) in [7, 11) is 0. The van der Waals surface area contributed by atoms with Crippen LogP contribution in [0.15, 0.2) is 0 Å². The third-order valence-electron chi connectivity index (χ3n) is 1.10. The highest BCUT2D eigenvalue weighted by Gasteiger charge is 1.97. The molecule has 3 N–H and O–H groups in total. The summed E-state index contributed by atoms with van der Waals surface area (Å²) in [6.45, 7) is 3.62. The summed E-state index contributed by atoms with van der Waals surface area (Å²) in [5, 5.41) is 2.59. The van der Waals surface area contributed by atoms with Gasteiger partial charge >= 0.3 is 6.09 Å². The molecular formula is C7H16N2O2. The summed E-state index contributed by atoms with van der Waals surface area (Å²) >= 11 is 0. The molecular weight excluding hydrogens is 144 g/mol. The average molecular weight is 160 g/mol. The second kappa shape index (κ2) is 7.34. The number of amides is 1. The smallest absolute Gasteiger partial charge is 0.407 e. The predicted molar refractivity (Wildman–Crippen MR) is 43.3 cm³/mol. The van der Waals surface area contributed by atoms with Crippen molar-refractivity contribution in [3.8, 4) is 0 Å². The van der Waals surface area contributed by atoms with E-state index in [-0.39, 0.29) is 6.09 Å². The summed E-state index contributed by atoms with van der Waals surface area (Å²) in [6.07, 6.45) is 1.30. The first-order valence-electron chi connectivity index (χ1n) is 3.92. The number of hydrogen-bond donors (Lipinski definition) is 2. The number of carbonyl (C=O) groups is 1. The van der Waals surface area contributed by atoms with Crippen molar-refractivity contribution in [2.24, 2.45) is 5.73 Å². The molecule has 66 valence electrons. The minimum Gasteiger partial charge on any atom is -0.450 e. The molecule has 0 aromatic heterocycles. The molecule has 0 unspecified atom stereocenters.